The molecule has 1 aromatic carbocycles. The highest BCUT2D eigenvalue weighted by Gasteiger charge is 2.23. The summed E-state index contributed by atoms with van der Waals surface area (Å²) in [6.07, 6.45) is 2.28. The van der Waals surface area contributed by atoms with Crippen LogP contribution in [0.4, 0.5) is 0 Å². The molecule has 2 unspecified atom stereocenters. The molecule has 2 rings (SSSR count). The van der Waals surface area contributed by atoms with E-state index in [9.17, 15) is 4.79 Å². The molecule has 130 valence electrons. The first-order valence-electron chi connectivity index (χ1n) is 7.96. The minimum absolute atomic E-state index is 0. The first-order valence-corrected chi connectivity index (χ1v) is 7.96. The molecular formula is C17H28ClN3O2. The fraction of sp³-hybridized carbons (Fsp3) is 0.588. The molecule has 1 amide bonds. The minimum atomic E-state index is 0. The molecule has 1 saturated heterocycles. The maximum Gasteiger partial charge on any atom is 0.234 e. The number of likely N-dealkylation sites (tertiary alicyclic amines) is 1. The topological polar surface area (TPSA) is 67.6 Å². The SMILES string of the molecule is COc1ccccc1CNC(=O)CN1CCCC(C(C)N)C1.Cl. The van der Waals surface area contributed by atoms with Crippen molar-refractivity contribution in [2.45, 2.75) is 32.4 Å². The average molecular weight is 342 g/mol. The standard InChI is InChI=1S/C17H27N3O2.ClH/c1-13(18)15-7-5-9-20(11-15)12-17(21)19-10-14-6-3-4-8-16(14)22-2;/h3-4,6,8,13,15H,5,7,9-12,18H2,1-2H3,(H,19,21);1H. The summed E-state index contributed by atoms with van der Waals surface area (Å²) in [5.74, 6) is 1.35. The molecule has 6 heteroatoms. The summed E-state index contributed by atoms with van der Waals surface area (Å²) in [4.78, 5) is 14.3. The number of nitrogens with zero attached hydrogens (tertiary/aromatic N) is 1. The fourth-order valence-electron chi connectivity index (χ4n) is 2.97. The maximum absolute atomic E-state index is 12.1. The number of nitrogens with one attached hydrogen (secondary N) is 1. The quantitative estimate of drug-likeness (QED) is 0.827. The first kappa shape index (κ1) is 19.7. The lowest BCUT2D eigenvalue weighted by atomic mass is 9.92. The van der Waals surface area contributed by atoms with Crippen molar-refractivity contribution >= 4 is 18.3 Å². The summed E-state index contributed by atoms with van der Waals surface area (Å²) in [7, 11) is 1.64. The third-order valence-corrected chi connectivity index (χ3v) is 4.32. The summed E-state index contributed by atoms with van der Waals surface area (Å²) in [5.41, 5.74) is 6.98. The number of ether oxygens (including phenoxy) is 1. The molecule has 1 aliphatic rings. The van der Waals surface area contributed by atoms with Gasteiger partial charge in [0.05, 0.1) is 13.7 Å². The fourth-order valence-corrected chi connectivity index (χ4v) is 2.97. The van der Waals surface area contributed by atoms with Crippen LogP contribution in [0.25, 0.3) is 0 Å². The number of hydrogen-bond acceptors (Lipinski definition) is 4. The molecule has 1 aliphatic heterocycles. The molecule has 23 heavy (non-hydrogen) atoms. The van der Waals surface area contributed by atoms with Crippen LogP contribution in [-0.4, -0.2) is 43.6 Å². The van der Waals surface area contributed by atoms with E-state index in [1.807, 2.05) is 24.3 Å². The van der Waals surface area contributed by atoms with Gasteiger partial charge in [-0.1, -0.05) is 18.2 Å². The van der Waals surface area contributed by atoms with E-state index < -0.39 is 0 Å². The van der Waals surface area contributed by atoms with Crippen molar-refractivity contribution < 1.29 is 9.53 Å². The van der Waals surface area contributed by atoms with Gasteiger partial charge in [-0.2, -0.15) is 0 Å². The third kappa shape index (κ3) is 6.01. The zero-order chi connectivity index (χ0) is 15.9. The van der Waals surface area contributed by atoms with E-state index in [0.717, 1.165) is 37.2 Å². The predicted molar refractivity (Wildman–Crippen MR) is 94.9 cm³/mol. The number of halogens is 1. The molecule has 2 atom stereocenters. The minimum Gasteiger partial charge on any atom is -0.496 e. The van der Waals surface area contributed by atoms with Gasteiger partial charge in [0.1, 0.15) is 5.75 Å². The van der Waals surface area contributed by atoms with E-state index in [2.05, 4.69) is 17.1 Å². The summed E-state index contributed by atoms with van der Waals surface area (Å²) < 4.78 is 5.29. The number of carbonyl (C=O) groups excluding carboxylic acids is 1. The Bertz CT molecular complexity index is 496. The molecular weight excluding hydrogens is 314 g/mol. The molecule has 0 aromatic heterocycles. The van der Waals surface area contributed by atoms with Gasteiger partial charge in [-0.3, -0.25) is 9.69 Å². The Labute approximate surface area is 145 Å². The second-order valence-electron chi connectivity index (χ2n) is 6.09. The zero-order valence-corrected chi connectivity index (χ0v) is 14.8. The van der Waals surface area contributed by atoms with Gasteiger partial charge in [0.2, 0.25) is 5.91 Å². The number of rotatable bonds is 6. The first-order chi connectivity index (χ1) is 10.6. The maximum atomic E-state index is 12.1. The highest BCUT2D eigenvalue weighted by Crippen LogP contribution is 2.19. The van der Waals surface area contributed by atoms with E-state index >= 15 is 0 Å². The van der Waals surface area contributed by atoms with Crippen LogP contribution in [0, 0.1) is 5.92 Å². The zero-order valence-electron chi connectivity index (χ0n) is 14.0. The lowest BCUT2D eigenvalue weighted by molar-refractivity contribution is -0.122. The molecule has 0 saturated carbocycles. The molecule has 0 bridgehead atoms. The number of hydrogen-bond donors (Lipinski definition) is 2. The van der Waals surface area contributed by atoms with Crippen molar-refractivity contribution in [3.63, 3.8) is 0 Å². The van der Waals surface area contributed by atoms with E-state index in [1.165, 1.54) is 0 Å². The molecule has 1 heterocycles. The highest BCUT2D eigenvalue weighted by atomic mass is 35.5. The Morgan fingerprint density at radius 2 is 2.22 bits per heavy atom. The van der Waals surface area contributed by atoms with Crippen LogP contribution in [0.1, 0.15) is 25.3 Å². The van der Waals surface area contributed by atoms with Gasteiger partial charge in [-0.25, -0.2) is 0 Å². The van der Waals surface area contributed by atoms with E-state index in [-0.39, 0.29) is 24.4 Å². The number of benzene rings is 1. The Morgan fingerprint density at radius 1 is 1.48 bits per heavy atom. The Hall–Kier alpha value is -1.30. The van der Waals surface area contributed by atoms with E-state index in [0.29, 0.717) is 19.0 Å². The molecule has 0 radical (unpaired) electrons. The van der Waals surface area contributed by atoms with Crippen molar-refractivity contribution in [3.8, 4) is 5.75 Å². The number of amides is 1. The summed E-state index contributed by atoms with van der Waals surface area (Å²) in [5, 5.41) is 2.97. The van der Waals surface area contributed by atoms with Crippen molar-refractivity contribution in [3.05, 3.63) is 29.8 Å². The molecule has 1 aromatic rings. The van der Waals surface area contributed by atoms with Gasteiger partial charge in [-0.15, -0.1) is 12.4 Å². The third-order valence-electron chi connectivity index (χ3n) is 4.32. The van der Waals surface area contributed by atoms with Crippen LogP contribution in [0.15, 0.2) is 24.3 Å². The Balaban J connectivity index is 0.00000264. The van der Waals surface area contributed by atoms with Crippen molar-refractivity contribution in [1.29, 1.82) is 0 Å². The van der Waals surface area contributed by atoms with Crippen LogP contribution >= 0.6 is 12.4 Å². The predicted octanol–water partition coefficient (Wildman–Crippen LogP) is 1.79. The van der Waals surface area contributed by atoms with Gasteiger partial charge in [-0.05, 0) is 38.3 Å². The molecule has 0 aliphatic carbocycles. The molecule has 5 nitrogen and oxygen atoms in total. The molecule has 0 spiro atoms. The van der Waals surface area contributed by atoms with Gasteiger partial charge < -0.3 is 15.8 Å². The summed E-state index contributed by atoms with van der Waals surface area (Å²) in [6, 6.07) is 7.93. The van der Waals surface area contributed by atoms with Crippen LogP contribution in [-0.2, 0) is 11.3 Å². The van der Waals surface area contributed by atoms with Crippen LogP contribution in [0.3, 0.4) is 0 Å². The number of para-hydroxylation sites is 1. The van der Waals surface area contributed by atoms with Crippen LogP contribution in [0.5, 0.6) is 5.75 Å². The largest absolute Gasteiger partial charge is 0.496 e. The Morgan fingerprint density at radius 3 is 2.91 bits per heavy atom. The number of piperidine rings is 1. The second kappa shape index (κ2) is 9.75. The average Bonchev–Trinajstić information content (AvgIpc) is 2.53. The van der Waals surface area contributed by atoms with E-state index in [1.54, 1.807) is 7.11 Å². The number of carbonyl (C=O) groups is 1. The Kier molecular flexibility index (Phi) is 8.37. The monoisotopic (exact) mass is 341 g/mol. The second-order valence-corrected chi connectivity index (χ2v) is 6.09. The van der Waals surface area contributed by atoms with Gasteiger partial charge in [0.15, 0.2) is 0 Å². The van der Waals surface area contributed by atoms with Gasteiger partial charge >= 0.3 is 0 Å². The van der Waals surface area contributed by atoms with Crippen molar-refractivity contribution in [2.75, 3.05) is 26.7 Å². The summed E-state index contributed by atoms with van der Waals surface area (Å²) >= 11 is 0. The van der Waals surface area contributed by atoms with Crippen LogP contribution in [0.2, 0.25) is 0 Å². The number of nitrogens with two attached hydrogens (primary N) is 1. The lowest BCUT2D eigenvalue weighted by Gasteiger charge is -2.34. The summed E-state index contributed by atoms with van der Waals surface area (Å²) in [6.45, 7) is 4.88. The van der Waals surface area contributed by atoms with Crippen LogP contribution < -0.4 is 15.8 Å². The molecule has 3 N–H and O–H groups in total. The smallest absolute Gasteiger partial charge is 0.234 e. The highest BCUT2D eigenvalue weighted by molar-refractivity contribution is 5.85. The normalized spacial score (nSPS) is 19.5. The number of methoxy groups -OCH3 is 1. The van der Waals surface area contributed by atoms with Crippen molar-refractivity contribution in [1.82, 2.24) is 10.2 Å². The molecule has 1 fully saturated rings. The van der Waals surface area contributed by atoms with E-state index in [4.69, 9.17) is 10.5 Å². The van der Waals surface area contributed by atoms with Crippen molar-refractivity contribution in [2.24, 2.45) is 11.7 Å². The van der Waals surface area contributed by atoms with Gasteiger partial charge in [0, 0.05) is 24.7 Å². The lowest BCUT2D eigenvalue weighted by Crippen LogP contribution is -2.46. The van der Waals surface area contributed by atoms with Gasteiger partial charge in [0.25, 0.3) is 0 Å².